The summed E-state index contributed by atoms with van der Waals surface area (Å²) in [5.74, 6) is -0.0151. The number of nitrogens with zero attached hydrogens (tertiary/aromatic N) is 1. The van der Waals surface area contributed by atoms with Crippen LogP contribution in [0.5, 0.6) is 0 Å². The van der Waals surface area contributed by atoms with Gasteiger partial charge in [0.05, 0.1) is 17.0 Å². The number of ether oxygens (including phenoxy) is 1. The van der Waals surface area contributed by atoms with Gasteiger partial charge in [-0.1, -0.05) is 30.3 Å². The highest BCUT2D eigenvalue weighted by molar-refractivity contribution is 5.97. The van der Waals surface area contributed by atoms with Crippen LogP contribution in [0.3, 0.4) is 0 Å². The SMILES string of the molecule is CN=Cc1c(N)cccc1-c1cc(=O)c2cc(C)cc(C(C)Nc3ccccc3C(=O)OC(C)(C)C)c2o1. The Morgan fingerprint density at radius 3 is 2.55 bits per heavy atom. The number of hydrogen-bond donors (Lipinski definition) is 2. The van der Waals surface area contributed by atoms with Crippen molar-refractivity contribution in [3.63, 3.8) is 0 Å². The summed E-state index contributed by atoms with van der Waals surface area (Å²) in [6, 6.07) is 17.6. The zero-order valence-corrected chi connectivity index (χ0v) is 22.6. The number of nitrogen functional groups attached to an aromatic ring is 1. The first-order chi connectivity index (χ1) is 18.0. The standard InChI is InChI=1S/C31H33N3O4/c1-18-14-22(19(2)34-26-13-8-7-10-21(26)30(36)38-31(3,4)5)29-23(15-18)27(35)16-28(37-29)20-11-9-12-25(32)24(20)17-33-6/h7-17,19,34H,32H2,1-6H3. The van der Waals surface area contributed by atoms with E-state index in [-0.39, 0.29) is 11.5 Å². The van der Waals surface area contributed by atoms with Crippen LogP contribution in [-0.2, 0) is 4.74 Å². The van der Waals surface area contributed by atoms with Crippen molar-refractivity contribution in [3.8, 4) is 11.3 Å². The largest absolute Gasteiger partial charge is 0.456 e. The van der Waals surface area contributed by atoms with E-state index >= 15 is 0 Å². The molecule has 4 aromatic rings. The molecule has 1 atom stereocenters. The zero-order chi connectivity index (χ0) is 27.6. The lowest BCUT2D eigenvalue weighted by molar-refractivity contribution is 0.00706. The van der Waals surface area contributed by atoms with Crippen LogP contribution in [0, 0.1) is 6.92 Å². The molecule has 0 aliphatic rings. The number of aliphatic imine (C=N–C) groups is 1. The fraction of sp³-hybridized carbons (Fsp3) is 0.258. The van der Waals surface area contributed by atoms with Crippen LogP contribution < -0.4 is 16.5 Å². The number of benzene rings is 3. The van der Waals surface area contributed by atoms with Crippen molar-refractivity contribution in [2.75, 3.05) is 18.1 Å². The number of hydrogen-bond acceptors (Lipinski definition) is 7. The van der Waals surface area contributed by atoms with Gasteiger partial charge in [-0.2, -0.15) is 0 Å². The topological polar surface area (TPSA) is 107 Å². The average Bonchev–Trinajstić information content (AvgIpc) is 2.84. The van der Waals surface area contributed by atoms with Crippen LogP contribution in [0.1, 0.15) is 60.8 Å². The van der Waals surface area contributed by atoms with Crippen LogP contribution in [0.15, 0.2) is 74.9 Å². The lowest BCUT2D eigenvalue weighted by atomic mass is 9.99. The van der Waals surface area contributed by atoms with E-state index in [1.54, 1.807) is 31.5 Å². The number of aryl methyl sites for hydroxylation is 1. The van der Waals surface area contributed by atoms with Crippen LogP contribution in [-0.4, -0.2) is 24.8 Å². The van der Waals surface area contributed by atoms with Crippen molar-refractivity contribution < 1.29 is 13.9 Å². The molecule has 0 radical (unpaired) electrons. The van der Waals surface area contributed by atoms with E-state index in [0.717, 1.165) is 11.1 Å². The Hall–Kier alpha value is -4.39. The molecule has 4 rings (SSSR count). The first-order valence-electron chi connectivity index (χ1n) is 12.5. The molecule has 3 N–H and O–H groups in total. The van der Waals surface area contributed by atoms with Gasteiger partial charge in [-0.05, 0) is 64.4 Å². The molecule has 38 heavy (non-hydrogen) atoms. The number of para-hydroxylation sites is 1. The molecule has 0 amide bonds. The van der Waals surface area contributed by atoms with E-state index in [1.807, 2.05) is 71.0 Å². The summed E-state index contributed by atoms with van der Waals surface area (Å²) in [6.45, 7) is 9.40. The smallest absolute Gasteiger partial charge is 0.340 e. The molecule has 3 aromatic carbocycles. The van der Waals surface area contributed by atoms with Gasteiger partial charge in [0.25, 0.3) is 0 Å². The van der Waals surface area contributed by atoms with Crippen LogP contribution >= 0.6 is 0 Å². The summed E-state index contributed by atoms with van der Waals surface area (Å²) >= 11 is 0. The summed E-state index contributed by atoms with van der Waals surface area (Å²) in [4.78, 5) is 30.3. The minimum absolute atomic E-state index is 0.158. The number of nitrogens with two attached hydrogens (primary N) is 1. The number of fused-ring (bicyclic) bond motifs is 1. The Morgan fingerprint density at radius 1 is 1.11 bits per heavy atom. The maximum atomic E-state index is 13.3. The van der Waals surface area contributed by atoms with Gasteiger partial charge in [0, 0.05) is 47.4 Å². The van der Waals surface area contributed by atoms with E-state index in [2.05, 4.69) is 10.3 Å². The molecule has 7 nitrogen and oxygen atoms in total. The lowest BCUT2D eigenvalue weighted by Crippen LogP contribution is -2.24. The summed E-state index contributed by atoms with van der Waals surface area (Å²) in [6.07, 6.45) is 1.66. The molecule has 0 saturated heterocycles. The Morgan fingerprint density at radius 2 is 1.84 bits per heavy atom. The average molecular weight is 512 g/mol. The second kappa shape index (κ2) is 10.5. The molecule has 7 heteroatoms. The first-order valence-corrected chi connectivity index (χ1v) is 12.5. The van der Waals surface area contributed by atoms with Crippen LogP contribution in [0.25, 0.3) is 22.3 Å². The summed E-state index contributed by atoms with van der Waals surface area (Å²) in [5, 5.41) is 3.91. The molecule has 196 valence electrons. The quantitative estimate of drug-likeness (QED) is 0.173. The Labute approximate surface area is 222 Å². The van der Waals surface area contributed by atoms with Gasteiger partial charge in [-0.3, -0.25) is 9.79 Å². The van der Waals surface area contributed by atoms with Gasteiger partial charge in [0.2, 0.25) is 0 Å². The van der Waals surface area contributed by atoms with Crippen molar-refractivity contribution in [1.82, 2.24) is 0 Å². The van der Waals surface area contributed by atoms with Gasteiger partial charge >= 0.3 is 5.97 Å². The number of esters is 1. The molecule has 1 unspecified atom stereocenters. The summed E-state index contributed by atoms with van der Waals surface area (Å²) < 4.78 is 12.0. The van der Waals surface area contributed by atoms with Gasteiger partial charge < -0.3 is 20.2 Å². The van der Waals surface area contributed by atoms with E-state index in [0.29, 0.717) is 44.8 Å². The first kappa shape index (κ1) is 26.7. The highest BCUT2D eigenvalue weighted by atomic mass is 16.6. The van der Waals surface area contributed by atoms with Gasteiger partial charge in [0.15, 0.2) is 5.43 Å². The van der Waals surface area contributed by atoms with E-state index in [1.165, 1.54) is 6.07 Å². The van der Waals surface area contributed by atoms with Crippen molar-refractivity contribution >= 4 is 34.5 Å². The van der Waals surface area contributed by atoms with Crippen molar-refractivity contribution in [3.05, 3.63) is 93.1 Å². The number of rotatable bonds is 6. The van der Waals surface area contributed by atoms with Gasteiger partial charge in [-0.25, -0.2) is 4.79 Å². The van der Waals surface area contributed by atoms with Crippen molar-refractivity contribution in [2.24, 2.45) is 4.99 Å². The monoisotopic (exact) mass is 511 g/mol. The minimum Gasteiger partial charge on any atom is -0.456 e. The van der Waals surface area contributed by atoms with Crippen molar-refractivity contribution in [1.29, 1.82) is 0 Å². The molecule has 0 fully saturated rings. The fourth-order valence-corrected chi connectivity index (χ4v) is 4.39. The second-order valence-electron chi connectivity index (χ2n) is 10.3. The third-order valence-corrected chi connectivity index (χ3v) is 6.05. The third-order valence-electron chi connectivity index (χ3n) is 6.05. The van der Waals surface area contributed by atoms with Crippen LogP contribution in [0.4, 0.5) is 11.4 Å². The fourth-order valence-electron chi connectivity index (χ4n) is 4.39. The minimum atomic E-state index is -0.621. The summed E-state index contributed by atoms with van der Waals surface area (Å²) in [7, 11) is 1.66. The Bertz CT molecular complexity index is 1600. The Balaban J connectivity index is 1.82. The molecule has 0 aliphatic carbocycles. The highest BCUT2D eigenvalue weighted by Gasteiger charge is 2.22. The maximum absolute atomic E-state index is 13.3. The molecular formula is C31H33N3O4. The molecule has 0 bridgehead atoms. The number of anilines is 2. The van der Waals surface area contributed by atoms with Crippen LogP contribution in [0.2, 0.25) is 0 Å². The number of carbonyl (C=O) groups excluding carboxylic acids is 1. The Kier molecular flexibility index (Phi) is 7.39. The zero-order valence-electron chi connectivity index (χ0n) is 22.6. The highest BCUT2D eigenvalue weighted by Crippen LogP contribution is 2.33. The van der Waals surface area contributed by atoms with Gasteiger partial charge in [0.1, 0.15) is 16.9 Å². The lowest BCUT2D eigenvalue weighted by Gasteiger charge is -2.23. The molecule has 0 aliphatic heterocycles. The van der Waals surface area contributed by atoms with Crippen molar-refractivity contribution in [2.45, 2.75) is 46.3 Å². The molecular weight excluding hydrogens is 478 g/mol. The maximum Gasteiger partial charge on any atom is 0.340 e. The molecule has 1 heterocycles. The van der Waals surface area contributed by atoms with Gasteiger partial charge in [-0.15, -0.1) is 0 Å². The molecule has 1 aromatic heterocycles. The van der Waals surface area contributed by atoms with E-state index < -0.39 is 11.6 Å². The third kappa shape index (κ3) is 5.62. The molecule has 0 saturated carbocycles. The van der Waals surface area contributed by atoms with E-state index in [4.69, 9.17) is 14.9 Å². The second-order valence-corrected chi connectivity index (χ2v) is 10.3. The predicted molar refractivity (Wildman–Crippen MR) is 154 cm³/mol. The molecule has 0 spiro atoms. The number of nitrogens with one attached hydrogen (secondary N) is 1. The van der Waals surface area contributed by atoms with E-state index in [9.17, 15) is 9.59 Å². The predicted octanol–water partition coefficient (Wildman–Crippen LogP) is 6.53. The summed E-state index contributed by atoms with van der Waals surface area (Å²) in [5.41, 5.74) is 10.5. The normalized spacial score (nSPS) is 12.6. The number of carbonyl (C=O) groups is 1.